The molecule has 4 unspecified atom stereocenters. The third kappa shape index (κ3) is 2.97. The lowest BCUT2D eigenvalue weighted by Gasteiger charge is -2.28. The first kappa shape index (κ1) is 17.9. The second kappa shape index (κ2) is 6.19. The minimum Gasteiger partial charge on any atom is -0.349 e. The third-order valence-corrected chi connectivity index (χ3v) is 6.82. The number of aromatic nitrogens is 3. The van der Waals surface area contributed by atoms with E-state index < -0.39 is 11.9 Å². The topological polar surface area (TPSA) is 59.3 Å². The second-order valence-electron chi connectivity index (χ2n) is 8.73. The zero-order chi connectivity index (χ0) is 19.6. The molecule has 2 heterocycles. The van der Waals surface area contributed by atoms with Crippen LogP contribution < -0.4 is 5.32 Å². The highest BCUT2D eigenvalue weighted by Crippen LogP contribution is 2.49. The highest BCUT2D eigenvalue weighted by molar-refractivity contribution is 5.99. The van der Waals surface area contributed by atoms with E-state index in [4.69, 9.17) is 0 Å². The molecular formula is C20H23F3N4O. The number of fused-ring (bicyclic) bond motifs is 3. The zero-order valence-corrected chi connectivity index (χ0v) is 15.7. The smallest absolute Gasteiger partial charge is 0.349 e. The fraction of sp³-hybridized carbons (Fsp3) is 0.650. The molecule has 150 valence electrons. The van der Waals surface area contributed by atoms with Gasteiger partial charge in [-0.25, -0.2) is 9.50 Å². The van der Waals surface area contributed by atoms with Crippen LogP contribution in [-0.4, -0.2) is 26.5 Å². The number of halogens is 3. The van der Waals surface area contributed by atoms with Crippen molar-refractivity contribution >= 4 is 11.6 Å². The van der Waals surface area contributed by atoms with Gasteiger partial charge in [0.15, 0.2) is 5.65 Å². The first-order valence-electron chi connectivity index (χ1n) is 10.1. The fourth-order valence-electron chi connectivity index (χ4n) is 5.23. The third-order valence-electron chi connectivity index (χ3n) is 6.82. The summed E-state index contributed by atoms with van der Waals surface area (Å²) in [6, 6.07) is 1.06. The van der Waals surface area contributed by atoms with Crippen molar-refractivity contribution in [2.24, 2.45) is 17.8 Å². The normalized spacial score (nSPS) is 28.1. The summed E-state index contributed by atoms with van der Waals surface area (Å²) in [4.78, 5) is 17.2. The van der Waals surface area contributed by atoms with Crippen LogP contribution >= 0.6 is 0 Å². The Labute approximate surface area is 160 Å². The minimum atomic E-state index is -4.55. The molecule has 2 bridgehead atoms. The Hall–Kier alpha value is -2.12. The molecule has 8 heteroatoms. The van der Waals surface area contributed by atoms with Gasteiger partial charge in [0.25, 0.3) is 5.91 Å². The molecular weight excluding hydrogens is 369 g/mol. The summed E-state index contributed by atoms with van der Waals surface area (Å²) < 4.78 is 41.3. The van der Waals surface area contributed by atoms with Gasteiger partial charge in [0.2, 0.25) is 0 Å². The van der Waals surface area contributed by atoms with Crippen LogP contribution in [0.2, 0.25) is 0 Å². The van der Waals surface area contributed by atoms with Crippen molar-refractivity contribution in [3.05, 3.63) is 29.2 Å². The monoisotopic (exact) mass is 392 g/mol. The molecule has 3 saturated carbocycles. The zero-order valence-electron chi connectivity index (χ0n) is 15.7. The number of nitrogens with one attached hydrogen (secondary N) is 1. The van der Waals surface area contributed by atoms with Gasteiger partial charge in [0.1, 0.15) is 11.3 Å². The number of carbonyl (C=O) groups is 1. The SMILES string of the molecule is CC(NC(=O)c1cnn2c(C(F)(F)F)cc(C3CC3)nc12)C1CC2CCC1C2. The van der Waals surface area contributed by atoms with E-state index in [1.807, 2.05) is 6.92 Å². The first-order valence-corrected chi connectivity index (χ1v) is 10.1. The quantitative estimate of drug-likeness (QED) is 0.849. The number of hydrogen-bond acceptors (Lipinski definition) is 3. The summed E-state index contributed by atoms with van der Waals surface area (Å²) in [5.74, 6) is 1.53. The molecule has 2 aromatic rings. The van der Waals surface area contributed by atoms with Crippen LogP contribution in [0.5, 0.6) is 0 Å². The molecule has 0 aliphatic heterocycles. The van der Waals surface area contributed by atoms with Crippen LogP contribution in [0.15, 0.2) is 12.3 Å². The fourth-order valence-corrected chi connectivity index (χ4v) is 5.23. The summed E-state index contributed by atoms with van der Waals surface area (Å²) in [6.45, 7) is 2.00. The molecule has 3 aliphatic carbocycles. The maximum atomic E-state index is 13.5. The Morgan fingerprint density at radius 2 is 2.04 bits per heavy atom. The largest absolute Gasteiger partial charge is 0.433 e. The predicted molar refractivity (Wildman–Crippen MR) is 95.8 cm³/mol. The molecule has 0 saturated heterocycles. The molecule has 4 atom stereocenters. The van der Waals surface area contributed by atoms with Crippen LogP contribution in [0.3, 0.4) is 0 Å². The van der Waals surface area contributed by atoms with Crippen LogP contribution in [-0.2, 0) is 6.18 Å². The molecule has 0 aromatic carbocycles. The van der Waals surface area contributed by atoms with Crippen LogP contribution in [0.1, 0.15) is 73.1 Å². The first-order chi connectivity index (χ1) is 13.3. The van der Waals surface area contributed by atoms with E-state index in [0.717, 1.165) is 35.8 Å². The number of carbonyl (C=O) groups excluding carboxylic acids is 1. The average molecular weight is 392 g/mol. The summed E-state index contributed by atoms with van der Waals surface area (Å²) in [5.41, 5.74) is -0.368. The van der Waals surface area contributed by atoms with E-state index in [1.54, 1.807) is 0 Å². The van der Waals surface area contributed by atoms with Crippen molar-refractivity contribution < 1.29 is 18.0 Å². The second-order valence-corrected chi connectivity index (χ2v) is 8.73. The summed E-state index contributed by atoms with van der Waals surface area (Å²) in [7, 11) is 0. The van der Waals surface area contributed by atoms with Gasteiger partial charge in [0, 0.05) is 17.7 Å². The van der Waals surface area contributed by atoms with E-state index in [9.17, 15) is 18.0 Å². The average Bonchev–Trinajstić information content (AvgIpc) is 3.08. The van der Waals surface area contributed by atoms with Crippen LogP contribution in [0.25, 0.3) is 5.65 Å². The summed E-state index contributed by atoms with van der Waals surface area (Å²) in [5, 5.41) is 6.85. The molecule has 3 aliphatic rings. The van der Waals surface area contributed by atoms with E-state index in [2.05, 4.69) is 15.4 Å². The van der Waals surface area contributed by atoms with Crippen LogP contribution in [0.4, 0.5) is 13.2 Å². The molecule has 5 rings (SSSR count). The van der Waals surface area contributed by atoms with E-state index in [0.29, 0.717) is 17.5 Å². The molecule has 1 amide bonds. The lowest BCUT2D eigenvalue weighted by molar-refractivity contribution is -0.142. The standard InChI is InChI=1S/C20H23F3N4O/c1-10(14-7-11-2-3-13(14)6-11)25-19(28)15-9-24-27-17(20(21,22)23)8-16(12-4-5-12)26-18(15)27/h8-14H,2-7H2,1H3,(H,25,28). The van der Waals surface area contributed by atoms with Gasteiger partial charge < -0.3 is 5.32 Å². The molecule has 3 fully saturated rings. The van der Waals surface area contributed by atoms with Gasteiger partial charge in [0.05, 0.1) is 6.20 Å². The number of rotatable bonds is 4. The van der Waals surface area contributed by atoms with E-state index in [1.165, 1.54) is 25.5 Å². The Bertz CT molecular complexity index is 933. The molecule has 1 N–H and O–H groups in total. The molecule has 2 aromatic heterocycles. The van der Waals surface area contributed by atoms with E-state index >= 15 is 0 Å². The highest BCUT2D eigenvalue weighted by Gasteiger charge is 2.42. The van der Waals surface area contributed by atoms with Crippen molar-refractivity contribution in [1.82, 2.24) is 19.9 Å². The molecule has 5 nitrogen and oxygen atoms in total. The van der Waals surface area contributed by atoms with Crippen molar-refractivity contribution in [2.45, 2.75) is 63.6 Å². The van der Waals surface area contributed by atoms with E-state index in [-0.39, 0.29) is 29.1 Å². The summed E-state index contributed by atoms with van der Waals surface area (Å²) in [6.07, 6.45) is 3.18. The maximum Gasteiger partial charge on any atom is 0.433 e. The Morgan fingerprint density at radius 3 is 2.64 bits per heavy atom. The number of alkyl halides is 3. The van der Waals surface area contributed by atoms with Gasteiger partial charge in [-0.05, 0) is 62.8 Å². The van der Waals surface area contributed by atoms with Gasteiger partial charge in [-0.1, -0.05) is 6.42 Å². The number of amides is 1. The minimum absolute atomic E-state index is 0.00522. The number of nitrogens with zero attached hydrogens (tertiary/aromatic N) is 3. The lowest BCUT2D eigenvalue weighted by atomic mass is 9.84. The molecule has 28 heavy (non-hydrogen) atoms. The van der Waals surface area contributed by atoms with Gasteiger partial charge in [-0.3, -0.25) is 4.79 Å². The predicted octanol–water partition coefficient (Wildman–Crippen LogP) is 4.18. The molecule has 0 spiro atoms. The molecule has 0 radical (unpaired) electrons. The van der Waals surface area contributed by atoms with Crippen molar-refractivity contribution in [3.63, 3.8) is 0 Å². The lowest BCUT2D eigenvalue weighted by Crippen LogP contribution is -2.40. The Kier molecular flexibility index (Phi) is 3.97. The Morgan fingerprint density at radius 1 is 1.25 bits per heavy atom. The van der Waals surface area contributed by atoms with Gasteiger partial charge in [-0.15, -0.1) is 0 Å². The van der Waals surface area contributed by atoms with Crippen LogP contribution in [0, 0.1) is 17.8 Å². The van der Waals surface area contributed by atoms with Crippen molar-refractivity contribution in [1.29, 1.82) is 0 Å². The highest BCUT2D eigenvalue weighted by atomic mass is 19.4. The van der Waals surface area contributed by atoms with Gasteiger partial charge in [-0.2, -0.15) is 18.3 Å². The maximum absolute atomic E-state index is 13.5. The van der Waals surface area contributed by atoms with Crippen molar-refractivity contribution in [2.75, 3.05) is 0 Å². The Balaban J connectivity index is 1.45. The van der Waals surface area contributed by atoms with Crippen molar-refractivity contribution in [3.8, 4) is 0 Å². The summed E-state index contributed by atoms with van der Waals surface area (Å²) >= 11 is 0. The van der Waals surface area contributed by atoms with Gasteiger partial charge >= 0.3 is 6.18 Å². The number of hydrogen-bond donors (Lipinski definition) is 1.